The van der Waals surface area contributed by atoms with Crippen molar-refractivity contribution in [1.29, 1.82) is 0 Å². The number of aromatic nitrogens is 1. The fraction of sp³-hybridized carbons (Fsp3) is 0.261. The van der Waals surface area contributed by atoms with E-state index in [9.17, 15) is 36.3 Å². The lowest BCUT2D eigenvalue weighted by Gasteiger charge is -2.25. The Kier molecular flexibility index (Phi) is 8.30. The van der Waals surface area contributed by atoms with Crippen LogP contribution in [0.3, 0.4) is 0 Å². The third-order valence-corrected chi connectivity index (χ3v) is 8.93. The molecule has 0 radical (unpaired) electrons. The Hall–Kier alpha value is -3.07. The van der Waals surface area contributed by atoms with E-state index < -0.39 is 45.7 Å². The van der Waals surface area contributed by atoms with Gasteiger partial charge in [-0.2, -0.15) is 13.2 Å². The molecule has 4 rings (SSSR count). The number of thiazole rings is 1. The van der Waals surface area contributed by atoms with E-state index in [4.69, 9.17) is 23.2 Å². The molecule has 0 unspecified atom stereocenters. The first-order chi connectivity index (χ1) is 18.2. The lowest BCUT2D eigenvalue weighted by atomic mass is 10.1. The number of alkyl halides is 3. The first-order valence-corrected chi connectivity index (χ1v) is 14.5. The average Bonchev–Trinajstić information content (AvgIpc) is 3.28. The number of benzene rings is 2. The highest BCUT2D eigenvalue weighted by Crippen LogP contribution is 2.36. The standard InChI is InChI=1S/C23H19Cl2F3N4O5S2/c24-15-9-13(10-16(25)18(15)33)19(34)31-21-17(30-22(38-21)32-5-7-39(36,37)8-6-32)20(35)29-11-12-3-1-2-4-14(12)23(26,27)28/h1-4,9-10,33H,5-8,11H2,(H,29,35)(H,31,34). The minimum absolute atomic E-state index is 0.0367. The molecule has 1 aliphatic rings. The van der Waals surface area contributed by atoms with Crippen LogP contribution in [-0.2, 0) is 22.6 Å². The summed E-state index contributed by atoms with van der Waals surface area (Å²) in [6.07, 6.45) is -4.63. The number of hydrogen-bond donors (Lipinski definition) is 3. The van der Waals surface area contributed by atoms with E-state index in [-0.39, 0.29) is 61.6 Å². The van der Waals surface area contributed by atoms with Crippen molar-refractivity contribution < 1.29 is 36.3 Å². The van der Waals surface area contributed by atoms with E-state index in [1.165, 1.54) is 18.2 Å². The van der Waals surface area contributed by atoms with Gasteiger partial charge in [0.1, 0.15) is 5.00 Å². The lowest BCUT2D eigenvalue weighted by molar-refractivity contribution is -0.138. The maximum Gasteiger partial charge on any atom is 0.416 e. The van der Waals surface area contributed by atoms with E-state index in [0.29, 0.717) is 0 Å². The topological polar surface area (TPSA) is 129 Å². The number of sulfone groups is 1. The van der Waals surface area contributed by atoms with Gasteiger partial charge in [-0.15, -0.1) is 0 Å². The highest BCUT2D eigenvalue weighted by Gasteiger charge is 2.33. The number of rotatable bonds is 6. The number of phenols is 1. The summed E-state index contributed by atoms with van der Waals surface area (Å²) in [6.45, 7) is -0.265. The monoisotopic (exact) mass is 622 g/mol. The van der Waals surface area contributed by atoms with Crippen LogP contribution < -0.4 is 15.5 Å². The van der Waals surface area contributed by atoms with Gasteiger partial charge in [-0.25, -0.2) is 13.4 Å². The molecule has 3 N–H and O–H groups in total. The van der Waals surface area contributed by atoms with Crippen molar-refractivity contribution in [2.75, 3.05) is 34.8 Å². The van der Waals surface area contributed by atoms with Crippen LogP contribution in [0, 0.1) is 0 Å². The summed E-state index contributed by atoms with van der Waals surface area (Å²) in [5.74, 6) is -2.31. The molecule has 0 aliphatic carbocycles. The molecule has 0 saturated carbocycles. The number of anilines is 2. The normalized spacial score (nSPS) is 15.2. The van der Waals surface area contributed by atoms with Gasteiger partial charge >= 0.3 is 6.18 Å². The molecule has 0 bridgehead atoms. The van der Waals surface area contributed by atoms with Gasteiger partial charge in [-0.05, 0) is 23.8 Å². The van der Waals surface area contributed by atoms with E-state index in [1.807, 2.05) is 0 Å². The van der Waals surface area contributed by atoms with Crippen LogP contribution in [0.25, 0.3) is 0 Å². The molecule has 2 aromatic carbocycles. The van der Waals surface area contributed by atoms with Gasteiger partial charge < -0.3 is 20.6 Å². The zero-order valence-electron chi connectivity index (χ0n) is 19.7. The summed E-state index contributed by atoms with van der Waals surface area (Å²) in [5, 5.41) is 14.5. The maximum atomic E-state index is 13.4. The molecule has 208 valence electrons. The SMILES string of the molecule is O=C(Nc1sc(N2CCS(=O)(=O)CC2)nc1C(=O)NCc1ccccc1C(F)(F)F)c1cc(Cl)c(O)c(Cl)c1. The number of halogens is 5. The minimum atomic E-state index is -4.63. The van der Waals surface area contributed by atoms with Crippen LogP contribution in [-0.4, -0.2) is 54.9 Å². The number of carbonyl (C=O) groups is 2. The van der Waals surface area contributed by atoms with E-state index in [1.54, 1.807) is 4.90 Å². The summed E-state index contributed by atoms with van der Waals surface area (Å²) >= 11 is 12.7. The lowest BCUT2D eigenvalue weighted by Crippen LogP contribution is -2.40. The second-order valence-corrected chi connectivity index (χ2v) is 12.5. The zero-order chi connectivity index (χ0) is 28.5. The van der Waals surface area contributed by atoms with Crippen LogP contribution in [0.15, 0.2) is 36.4 Å². The molecule has 1 fully saturated rings. The number of amides is 2. The molecule has 9 nitrogen and oxygen atoms in total. The van der Waals surface area contributed by atoms with Crippen LogP contribution in [0.2, 0.25) is 10.0 Å². The van der Waals surface area contributed by atoms with Gasteiger partial charge in [0.2, 0.25) is 0 Å². The van der Waals surface area contributed by atoms with E-state index in [0.717, 1.165) is 29.5 Å². The Morgan fingerprint density at radius 3 is 2.31 bits per heavy atom. The van der Waals surface area contributed by atoms with Crippen LogP contribution in [0.1, 0.15) is 32.0 Å². The largest absolute Gasteiger partial charge is 0.505 e. The second-order valence-electron chi connectivity index (χ2n) is 8.39. The summed E-state index contributed by atoms with van der Waals surface area (Å²) in [6, 6.07) is 7.07. The number of hydrogen-bond acceptors (Lipinski definition) is 8. The molecule has 1 aromatic heterocycles. The van der Waals surface area contributed by atoms with Crippen molar-refractivity contribution in [2.24, 2.45) is 0 Å². The smallest absolute Gasteiger partial charge is 0.416 e. The van der Waals surface area contributed by atoms with Gasteiger partial charge in [0, 0.05) is 25.2 Å². The molecule has 1 saturated heterocycles. The molecule has 39 heavy (non-hydrogen) atoms. The first kappa shape index (κ1) is 28.9. The molecular formula is C23H19Cl2F3N4O5S2. The third kappa shape index (κ3) is 6.75. The van der Waals surface area contributed by atoms with Gasteiger partial charge in [0.25, 0.3) is 11.8 Å². The zero-order valence-corrected chi connectivity index (χ0v) is 22.8. The Balaban J connectivity index is 1.62. The number of phenolic OH excluding ortho intramolecular Hbond substituents is 1. The van der Waals surface area contributed by atoms with Gasteiger partial charge in [0.15, 0.2) is 26.4 Å². The second kappa shape index (κ2) is 11.2. The first-order valence-electron chi connectivity index (χ1n) is 11.1. The number of nitrogens with one attached hydrogen (secondary N) is 2. The molecule has 16 heteroatoms. The number of carbonyl (C=O) groups excluding carboxylic acids is 2. The van der Waals surface area contributed by atoms with Gasteiger partial charge in [0.05, 0.1) is 27.1 Å². The van der Waals surface area contributed by atoms with Gasteiger partial charge in [-0.3, -0.25) is 9.59 Å². The number of aromatic hydroxyl groups is 1. The predicted molar refractivity (Wildman–Crippen MR) is 142 cm³/mol. The van der Waals surface area contributed by atoms with Crippen molar-refractivity contribution in [1.82, 2.24) is 10.3 Å². The molecular weight excluding hydrogens is 604 g/mol. The third-order valence-electron chi connectivity index (χ3n) is 5.71. The maximum absolute atomic E-state index is 13.4. The Bertz CT molecular complexity index is 1510. The van der Waals surface area contributed by atoms with Crippen LogP contribution in [0.5, 0.6) is 5.75 Å². The van der Waals surface area contributed by atoms with E-state index in [2.05, 4.69) is 15.6 Å². The molecule has 2 amide bonds. The molecule has 0 spiro atoms. The Morgan fingerprint density at radius 1 is 1.08 bits per heavy atom. The molecule has 3 aromatic rings. The molecule has 2 heterocycles. The fourth-order valence-electron chi connectivity index (χ4n) is 3.67. The quantitative estimate of drug-likeness (QED) is 0.367. The van der Waals surface area contributed by atoms with Crippen LogP contribution in [0.4, 0.5) is 23.3 Å². The van der Waals surface area contributed by atoms with Crippen molar-refractivity contribution in [3.8, 4) is 5.75 Å². The molecule has 1 aliphatic heterocycles. The number of nitrogens with zero attached hydrogens (tertiary/aromatic N) is 2. The highest BCUT2D eigenvalue weighted by atomic mass is 35.5. The summed E-state index contributed by atoms with van der Waals surface area (Å²) < 4.78 is 63.7. The fourth-order valence-corrected chi connectivity index (χ4v) is 6.37. The van der Waals surface area contributed by atoms with Crippen molar-refractivity contribution in [3.05, 3.63) is 68.8 Å². The van der Waals surface area contributed by atoms with Crippen LogP contribution >= 0.6 is 34.5 Å². The predicted octanol–water partition coefficient (Wildman–Crippen LogP) is 4.59. The minimum Gasteiger partial charge on any atom is -0.505 e. The summed E-state index contributed by atoms with van der Waals surface area (Å²) in [7, 11) is -3.22. The Labute approximate surface area is 234 Å². The van der Waals surface area contributed by atoms with Gasteiger partial charge in [-0.1, -0.05) is 52.7 Å². The van der Waals surface area contributed by atoms with Crippen molar-refractivity contribution in [3.63, 3.8) is 0 Å². The Morgan fingerprint density at radius 2 is 1.69 bits per heavy atom. The average molecular weight is 623 g/mol. The van der Waals surface area contributed by atoms with Crippen molar-refractivity contribution >= 4 is 66.3 Å². The van der Waals surface area contributed by atoms with E-state index >= 15 is 0 Å². The summed E-state index contributed by atoms with van der Waals surface area (Å²) in [5.41, 5.74) is -1.41. The van der Waals surface area contributed by atoms with Crippen molar-refractivity contribution in [2.45, 2.75) is 12.7 Å². The molecule has 0 atom stereocenters. The highest BCUT2D eigenvalue weighted by molar-refractivity contribution is 7.91. The summed E-state index contributed by atoms with van der Waals surface area (Å²) in [4.78, 5) is 31.9.